The molecule has 2 aromatic rings. The van der Waals surface area contributed by atoms with Gasteiger partial charge in [-0.2, -0.15) is 4.31 Å². The van der Waals surface area contributed by atoms with Crippen molar-refractivity contribution in [1.82, 2.24) is 4.31 Å². The Morgan fingerprint density at radius 3 is 2.18 bits per heavy atom. The smallest absolute Gasteiger partial charge is 0.243 e. The maximum Gasteiger partial charge on any atom is 0.243 e. The number of carbonyl (C=O) groups excluding carboxylic acids is 2. The van der Waals surface area contributed by atoms with E-state index in [1.165, 1.54) is 31.3 Å². The highest BCUT2D eigenvalue weighted by Gasteiger charge is 2.23. The molecule has 7 nitrogen and oxygen atoms in total. The number of benzene rings is 2. The van der Waals surface area contributed by atoms with E-state index < -0.39 is 15.9 Å². The van der Waals surface area contributed by atoms with Crippen molar-refractivity contribution in [1.29, 1.82) is 0 Å². The lowest BCUT2D eigenvalue weighted by Crippen LogP contribution is -2.35. The van der Waals surface area contributed by atoms with Gasteiger partial charge >= 0.3 is 0 Å². The molecule has 0 aliphatic heterocycles. The van der Waals surface area contributed by atoms with Crippen LogP contribution >= 0.6 is 11.6 Å². The molecule has 0 spiro atoms. The average molecular weight is 424 g/mol. The van der Waals surface area contributed by atoms with Crippen LogP contribution in [0.15, 0.2) is 53.4 Å². The van der Waals surface area contributed by atoms with Gasteiger partial charge < -0.3 is 10.6 Å². The Balaban J connectivity index is 2.03. The molecule has 2 N–H and O–H groups in total. The minimum Gasteiger partial charge on any atom is -0.326 e. The summed E-state index contributed by atoms with van der Waals surface area (Å²) in [5, 5.41) is 5.79. The number of likely N-dealkylation sites (N-methyl/N-ethyl adjacent to an activating group) is 1. The van der Waals surface area contributed by atoms with Crippen LogP contribution in [-0.2, 0) is 19.6 Å². The first-order valence-electron chi connectivity index (χ1n) is 8.52. The van der Waals surface area contributed by atoms with Crippen molar-refractivity contribution in [2.24, 2.45) is 5.92 Å². The van der Waals surface area contributed by atoms with Gasteiger partial charge in [0.25, 0.3) is 0 Å². The summed E-state index contributed by atoms with van der Waals surface area (Å²) in [4.78, 5) is 24.1. The van der Waals surface area contributed by atoms with Crippen molar-refractivity contribution in [3.63, 3.8) is 0 Å². The van der Waals surface area contributed by atoms with Crippen molar-refractivity contribution in [2.75, 3.05) is 24.2 Å². The summed E-state index contributed by atoms with van der Waals surface area (Å²) in [7, 11) is -2.50. The third kappa shape index (κ3) is 5.79. The van der Waals surface area contributed by atoms with Crippen molar-refractivity contribution in [2.45, 2.75) is 18.7 Å². The van der Waals surface area contributed by atoms with E-state index in [9.17, 15) is 18.0 Å². The number of nitrogens with one attached hydrogen (secondary N) is 2. The molecule has 2 rings (SSSR count). The van der Waals surface area contributed by atoms with Crippen LogP contribution in [0.25, 0.3) is 0 Å². The molecule has 0 atom stereocenters. The average Bonchev–Trinajstić information content (AvgIpc) is 2.62. The monoisotopic (exact) mass is 423 g/mol. The second-order valence-corrected chi connectivity index (χ2v) is 8.97. The van der Waals surface area contributed by atoms with E-state index >= 15 is 0 Å². The molecule has 0 aliphatic carbocycles. The van der Waals surface area contributed by atoms with Crippen LogP contribution in [0.5, 0.6) is 0 Å². The highest BCUT2D eigenvalue weighted by molar-refractivity contribution is 7.89. The Bertz CT molecular complexity index is 959. The molecule has 0 heterocycles. The summed E-state index contributed by atoms with van der Waals surface area (Å²) in [5.41, 5.74) is 0.988. The quantitative estimate of drug-likeness (QED) is 0.714. The minimum atomic E-state index is -3.82. The van der Waals surface area contributed by atoms with Gasteiger partial charge in [0.15, 0.2) is 0 Å². The molecular formula is C19H22ClN3O4S. The fourth-order valence-corrected chi connectivity index (χ4v) is 3.49. The lowest BCUT2D eigenvalue weighted by molar-refractivity contribution is -0.119. The number of rotatable bonds is 7. The van der Waals surface area contributed by atoms with Crippen LogP contribution in [0.3, 0.4) is 0 Å². The molecule has 2 aromatic carbocycles. The van der Waals surface area contributed by atoms with E-state index in [-0.39, 0.29) is 23.3 Å². The van der Waals surface area contributed by atoms with Gasteiger partial charge in [-0.1, -0.05) is 31.5 Å². The van der Waals surface area contributed by atoms with Gasteiger partial charge in [-0.15, -0.1) is 0 Å². The number of sulfonamides is 1. The third-order valence-corrected chi connectivity index (χ3v) is 5.90. The Kier molecular flexibility index (Phi) is 7.17. The summed E-state index contributed by atoms with van der Waals surface area (Å²) >= 11 is 5.78. The molecule has 0 fully saturated rings. The molecule has 0 aromatic heterocycles. The summed E-state index contributed by atoms with van der Waals surface area (Å²) in [5.74, 6) is -0.824. The first-order valence-corrected chi connectivity index (χ1v) is 10.3. The fourth-order valence-electron chi connectivity index (χ4n) is 2.24. The van der Waals surface area contributed by atoms with E-state index in [2.05, 4.69) is 10.6 Å². The lowest BCUT2D eigenvalue weighted by Gasteiger charge is -2.17. The van der Waals surface area contributed by atoms with E-state index in [1.807, 2.05) is 0 Å². The molecule has 0 radical (unpaired) electrons. The highest BCUT2D eigenvalue weighted by Crippen LogP contribution is 2.18. The summed E-state index contributed by atoms with van der Waals surface area (Å²) in [6, 6.07) is 12.3. The molecule has 150 valence electrons. The maximum atomic E-state index is 12.5. The minimum absolute atomic E-state index is 0.0468. The van der Waals surface area contributed by atoms with Gasteiger partial charge in [0, 0.05) is 29.4 Å². The van der Waals surface area contributed by atoms with Crippen molar-refractivity contribution >= 4 is 44.8 Å². The van der Waals surface area contributed by atoms with Gasteiger partial charge in [-0.05, 0) is 42.5 Å². The topological polar surface area (TPSA) is 95.6 Å². The molecule has 28 heavy (non-hydrogen) atoms. The first kappa shape index (κ1) is 21.9. The van der Waals surface area contributed by atoms with Gasteiger partial charge in [0.05, 0.1) is 11.4 Å². The van der Waals surface area contributed by atoms with Gasteiger partial charge in [-0.3, -0.25) is 9.59 Å². The standard InChI is InChI=1S/C19H22ClN3O4S/c1-13(2)19(25)22-16-6-4-5-15(11-16)21-18(24)12-23(3)28(26,27)17-9-7-14(20)8-10-17/h4-11,13H,12H2,1-3H3,(H,21,24)(H,22,25). The number of halogens is 1. The Morgan fingerprint density at radius 2 is 1.61 bits per heavy atom. The van der Waals surface area contributed by atoms with E-state index in [0.29, 0.717) is 16.4 Å². The number of hydrogen-bond acceptors (Lipinski definition) is 4. The Morgan fingerprint density at radius 1 is 1.04 bits per heavy atom. The Hall–Kier alpha value is -2.42. The van der Waals surface area contributed by atoms with E-state index in [0.717, 1.165) is 4.31 Å². The zero-order valence-corrected chi connectivity index (χ0v) is 17.3. The molecule has 0 bridgehead atoms. The van der Waals surface area contributed by atoms with Crippen LogP contribution in [0.2, 0.25) is 5.02 Å². The lowest BCUT2D eigenvalue weighted by atomic mass is 10.2. The number of amides is 2. The molecule has 0 saturated heterocycles. The predicted molar refractivity (Wildman–Crippen MR) is 110 cm³/mol. The molecular weight excluding hydrogens is 402 g/mol. The number of nitrogens with zero attached hydrogens (tertiary/aromatic N) is 1. The summed E-state index contributed by atoms with van der Waals surface area (Å²) in [6.45, 7) is 3.18. The largest absolute Gasteiger partial charge is 0.326 e. The van der Waals surface area contributed by atoms with Crippen LogP contribution in [0.4, 0.5) is 11.4 Å². The summed E-state index contributed by atoms with van der Waals surface area (Å²) in [6.07, 6.45) is 0. The zero-order valence-electron chi connectivity index (χ0n) is 15.8. The van der Waals surface area contributed by atoms with Crippen molar-refractivity contribution < 1.29 is 18.0 Å². The molecule has 9 heteroatoms. The fraction of sp³-hybridized carbons (Fsp3) is 0.263. The summed E-state index contributed by atoms with van der Waals surface area (Å²) < 4.78 is 26.0. The SMILES string of the molecule is CC(C)C(=O)Nc1cccc(NC(=O)CN(C)S(=O)(=O)c2ccc(Cl)cc2)c1. The zero-order chi connectivity index (χ0) is 20.9. The normalized spacial score (nSPS) is 11.5. The first-order chi connectivity index (χ1) is 13.1. The third-order valence-electron chi connectivity index (χ3n) is 3.83. The number of hydrogen-bond donors (Lipinski definition) is 2. The van der Waals surface area contributed by atoms with Crippen molar-refractivity contribution in [3.8, 4) is 0 Å². The van der Waals surface area contributed by atoms with Crippen LogP contribution in [-0.4, -0.2) is 38.1 Å². The molecule has 0 unspecified atom stereocenters. The van der Waals surface area contributed by atoms with Gasteiger partial charge in [-0.25, -0.2) is 8.42 Å². The van der Waals surface area contributed by atoms with Crippen LogP contribution in [0, 0.1) is 5.92 Å². The van der Waals surface area contributed by atoms with Crippen LogP contribution < -0.4 is 10.6 Å². The second-order valence-electron chi connectivity index (χ2n) is 6.49. The van der Waals surface area contributed by atoms with E-state index in [1.54, 1.807) is 38.1 Å². The predicted octanol–water partition coefficient (Wildman–Crippen LogP) is 3.19. The molecule has 2 amide bonds. The number of carbonyl (C=O) groups is 2. The second kappa shape index (κ2) is 9.18. The Labute approximate surface area is 169 Å². The number of anilines is 2. The molecule has 0 saturated carbocycles. The van der Waals surface area contributed by atoms with Crippen LogP contribution in [0.1, 0.15) is 13.8 Å². The highest BCUT2D eigenvalue weighted by atomic mass is 35.5. The van der Waals surface area contributed by atoms with Crippen molar-refractivity contribution in [3.05, 3.63) is 53.6 Å². The van der Waals surface area contributed by atoms with Gasteiger partial charge in [0.1, 0.15) is 0 Å². The molecule has 0 aliphatic rings. The van der Waals surface area contributed by atoms with Gasteiger partial charge in [0.2, 0.25) is 21.8 Å². The maximum absolute atomic E-state index is 12.5. The van der Waals surface area contributed by atoms with E-state index in [4.69, 9.17) is 11.6 Å².